The van der Waals surface area contributed by atoms with Gasteiger partial charge in [-0.15, -0.1) is 0 Å². The summed E-state index contributed by atoms with van der Waals surface area (Å²) >= 11 is 15.6. The molecule has 0 spiro atoms. The van der Waals surface area contributed by atoms with Gasteiger partial charge >= 0.3 is 0 Å². The fourth-order valence-electron chi connectivity index (χ4n) is 1.82. The van der Waals surface area contributed by atoms with E-state index in [0.717, 1.165) is 10.2 Å². The van der Waals surface area contributed by atoms with E-state index in [-0.39, 0.29) is 0 Å². The molecule has 0 radical (unpaired) electrons. The van der Waals surface area contributed by atoms with Crippen molar-refractivity contribution in [3.63, 3.8) is 0 Å². The van der Waals surface area contributed by atoms with Crippen LogP contribution in [0, 0.1) is 0 Å². The van der Waals surface area contributed by atoms with Crippen LogP contribution in [0.3, 0.4) is 0 Å². The van der Waals surface area contributed by atoms with Crippen molar-refractivity contribution in [3.05, 3.63) is 44.6 Å². The van der Waals surface area contributed by atoms with Crippen molar-refractivity contribution in [1.82, 2.24) is 4.98 Å². The molecule has 7 heteroatoms. The van der Waals surface area contributed by atoms with Gasteiger partial charge in [-0.1, -0.05) is 23.2 Å². The van der Waals surface area contributed by atoms with Crippen molar-refractivity contribution in [3.8, 4) is 11.5 Å². The topological polar surface area (TPSA) is 43.4 Å². The minimum atomic E-state index is 0.429. The molecule has 1 aromatic carbocycles. The first kappa shape index (κ1) is 16.2. The van der Waals surface area contributed by atoms with Crippen molar-refractivity contribution < 1.29 is 9.47 Å². The first-order chi connectivity index (χ1) is 10.1. The zero-order chi connectivity index (χ0) is 15.4. The van der Waals surface area contributed by atoms with Crippen LogP contribution in [-0.4, -0.2) is 19.2 Å². The Labute approximate surface area is 141 Å². The molecule has 4 nitrogen and oxygen atoms in total. The quantitative estimate of drug-likeness (QED) is 0.744. The SMILES string of the molecule is COc1ccnc(CNc2ccc(Br)c(Cl)c2Cl)c1OC. The molecular formula is C14H13BrCl2N2O2. The highest BCUT2D eigenvalue weighted by Crippen LogP contribution is 2.36. The minimum Gasteiger partial charge on any atom is -0.493 e. The maximum Gasteiger partial charge on any atom is 0.184 e. The Bertz CT molecular complexity index is 653. The summed E-state index contributed by atoms with van der Waals surface area (Å²) in [6.45, 7) is 0.429. The molecule has 0 fully saturated rings. The standard InChI is InChI=1S/C14H13BrCl2N2O2/c1-20-11-5-6-18-10(14(11)21-2)7-19-9-4-3-8(15)12(16)13(9)17/h3-6,19H,7H2,1-2H3. The first-order valence-electron chi connectivity index (χ1n) is 6.01. The van der Waals surface area contributed by atoms with Crippen molar-refractivity contribution in [2.75, 3.05) is 19.5 Å². The van der Waals surface area contributed by atoms with Gasteiger partial charge in [0, 0.05) is 16.7 Å². The average Bonchev–Trinajstić information content (AvgIpc) is 2.51. The summed E-state index contributed by atoms with van der Waals surface area (Å²) in [4.78, 5) is 4.29. The molecule has 21 heavy (non-hydrogen) atoms. The van der Waals surface area contributed by atoms with Crippen LogP contribution in [0.1, 0.15) is 5.69 Å². The number of hydrogen-bond acceptors (Lipinski definition) is 4. The van der Waals surface area contributed by atoms with Gasteiger partial charge in [0.1, 0.15) is 5.69 Å². The Balaban J connectivity index is 2.23. The molecule has 0 amide bonds. The van der Waals surface area contributed by atoms with Gasteiger partial charge in [0.05, 0.1) is 36.5 Å². The predicted molar refractivity (Wildman–Crippen MR) is 88.8 cm³/mol. The average molecular weight is 392 g/mol. The summed E-state index contributed by atoms with van der Waals surface area (Å²) < 4.78 is 11.3. The lowest BCUT2D eigenvalue weighted by Gasteiger charge is -2.14. The summed E-state index contributed by atoms with van der Waals surface area (Å²) in [5.74, 6) is 1.22. The second kappa shape index (κ2) is 7.20. The molecule has 0 saturated heterocycles. The second-order valence-electron chi connectivity index (χ2n) is 4.07. The van der Waals surface area contributed by atoms with Crippen molar-refractivity contribution in [2.45, 2.75) is 6.54 Å². The van der Waals surface area contributed by atoms with E-state index < -0.39 is 0 Å². The Morgan fingerprint density at radius 1 is 1.14 bits per heavy atom. The number of benzene rings is 1. The summed E-state index contributed by atoms with van der Waals surface area (Å²) in [7, 11) is 3.16. The fraction of sp³-hybridized carbons (Fsp3) is 0.214. The minimum absolute atomic E-state index is 0.429. The van der Waals surface area contributed by atoms with E-state index in [2.05, 4.69) is 26.2 Å². The Morgan fingerprint density at radius 3 is 2.57 bits per heavy atom. The molecule has 0 aliphatic carbocycles. The zero-order valence-corrected chi connectivity index (χ0v) is 14.5. The van der Waals surface area contributed by atoms with Gasteiger partial charge in [-0.05, 0) is 28.1 Å². The number of methoxy groups -OCH3 is 2. The van der Waals surface area contributed by atoms with E-state index in [1.807, 2.05) is 12.1 Å². The summed E-state index contributed by atoms with van der Waals surface area (Å²) in [6, 6.07) is 5.41. The lowest BCUT2D eigenvalue weighted by molar-refractivity contribution is 0.350. The summed E-state index contributed by atoms with van der Waals surface area (Å²) in [6.07, 6.45) is 1.66. The third kappa shape index (κ3) is 3.54. The smallest absolute Gasteiger partial charge is 0.184 e. The molecular weight excluding hydrogens is 379 g/mol. The molecule has 1 aromatic heterocycles. The van der Waals surface area contributed by atoms with Gasteiger partial charge in [-0.3, -0.25) is 4.98 Å². The van der Waals surface area contributed by atoms with Crippen LogP contribution in [0.2, 0.25) is 10.0 Å². The van der Waals surface area contributed by atoms with Crippen LogP contribution in [-0.2, 0) is 6.54 Å². The second-order valence-corrected chi connectivity index (χ2v) is 5.68. The Hall–Kier alpha value is -1.17. The number of halogens is 3. The predicted octanol–water partition coefficient (Wildman–Crippen LogP) is 4.78. The van der Waals surface area contributed by atoms with Crippen molar-refractivity contribution in [1.29, 1.82) is 0 Å². The van der Waals surface area contributed by atoms with Gasteiger partial charge < -0.3 is 14.8 Å². The summed E-state index contributed by atoms with van der Waals surface area (Å²) in [5.41, 5.74) is 1.43. The van der Waals surface area contributed by atoms with E-state index in [4.69, 9.17) is 32.7 Å². The molecule has 0 aliphatic heterocycles. The van der Waals surface area contributed by atoms with Crippen molar-refractivity contribution in [2.24, 2.45) is 0 Å². The molecule has 2 rings (SSSR count). The zero-order valence-electron chi connectivity index (χ0n) is 11.4. The van der Waals surface area contributed by atoms with Gasteiger partial charge in [0.25, 0.3) is 0 Å². The number of pyridine rings is 1. The van der Waals surface area contributed by atoms with Crippen LogP contribution in [0.5, 0.6) is 11.5 Å². The highest BCUT2D eigenvalue weighted by molar-refractivity contribution is 9.10. The van der Waals surface area contributed by atoms with Crippen LogP contribution in [0.4, 0.5) is 5.69 Å². The van der Waals surface area contributed by atoms with E-state index >= 15 is 0 Å². The van der Waals surface area contributed by atoms with E-state index in [1.54, 1.807) is 26.5 Å². The van der Waals surface area contributed by atoms with E-state index in [0.29, 0.717) is 33.8 Å². The van der Waals surface area contributed by atoms with Crippen LogP contribution in [0.25, 0.3) is 0 Å². The Morgan fingerprint density at radius 2 is 1.90 bits per heavy atom. The van der Waals surface area contributed by atoms with Gasteiger partial charge in [0.2, 0.25) is 0 Å². The highest BCUT2D eigenvalue weighted by Gasteiger charge is 2.13. The third-order valence-electron chi connectivity index (χ3n) is 2.85. The molecule has 0 saturated carbocycles. The van der Waals surface area contributed by atoms with Crippen LogP contribution < -0.4 is 14.8 Å². The molecule has 112 valence electrons. The normalized spacial score (nSPS) is 10.3. The number of rotatable bonds is 5. The van der Waals surface area contributed by atoms with E-state index in [1.165, 1.54) is 0 Å². The first-order valence-corrected chi connectivity index (χ1v) is 7.56. The number of ether oxygens (including phenoxy) is 2. The Kier molecular flexibility index (Phi) is 5.56. The largest absolute Gasteiger partial charge is 0.493 e. The van der Waals surface area contributed by atoms with Crippen molar-refractivity contribution >= 4 is 44.8 Å². The van der Waals surface area contributed by atoms with Gasteiger partial charge in [0.15, 0.2) is 11.5 Å². The molecule has 2 aromatic rings. The number of anilines is 1. The lowest BCUT2D eigenvalue weighted by atomic mass is 10.2. The fourth-order valence-corrected chi connectivity index (χ4v) is 2.66. The summed E-state index contributed by atoms with van der Waals surface area (Å²) in [5, 5.41) is 4.10. The van der Waals surface area contributed by atoms with Crippen LogP contribution >= 0.6 is 39.1 Å². The number of nitrogens with zero attached hydrogens (tertiary/aromatic N) is 1. The van der Waals surface area contributed by atoms with E-state index in [9.17, 15) is 0 Å². The highest BCUT2D eigenvalue weighted by atomic mass is 79.9. The molecule has 0 aliphatic rings. The van der Waals surface area contributed by atoms with Gasteiger partial charge in [-0.25, -0.2) is 0 Å². The van der Waals surface area contributed by atoms with Gasteiger partial charge in [-0.2, -0.15) is 0 Å². The molecule has 0 bridgehead atoms. The molecule has 1 heterocycles. The number of aromatic nitrogens is 1. The molecule has 1 N–H and O–H groups in total. The number of nitrogens with one attached hydrogen (secondary N) is 1. The lowest BCUT2D eigenvalue weighted by Crippen LogP contribution is -2.05. The third-order valence-corrected chi connectivity index (χ3v) is 4.62. The molecule has 0 unspecified atom stereocenters. The molecule has 0 atom stereocenters. The van der Waals surface area contributed by atoms with Crippen LogP contribution in [0.15, 0.2) is 28.9 Å². The maximum absolute atomic E-state index is 6.20. The monoisotopic (exact) mass is 390 g/mol. The number of hydrogen-bond donors (Lipinski definition) is 1. The maximum atomic E-state index is 6.20.